The van der Waals surface area contributed by atoms with Gasteiger partial charge in [-0.1, -0.05) is 6.92 Å². The van der Waals surface area contributed by atoms with E-state index >= 15 is 0 Å². The summed E-state index contributed by atoms with van der Waals surface area (Å²) in [6, 6.07) is 2.72. The van der Waals surface area contributed by atoms with Gasteiger partial charge in [0.05, 0.1) is 0 Å². The van der Waals surface area contributed by atoms with Crippen molar-refractivity contribution in [1.29, 1.82) is 0 Å². The number of hydrogen-bond donors (Lipinski definition) is 1. The predicted molar refractivity (Wildman–Crippen MR) is 65.5 cm³/mol. The van der Waals surface area contributed by atoms with Crippen molar-refractivity contribution in [2.75, 3.05) is 7.05 Å². The van der Waals surface area contributed by atoms with E-state index in [9.17, 15) is 0 Å². The predicted octanol–water partition coefficient (Wildman–Crippen LogP) is 2.28. The molecule has 1 heterocycles. The van der Waals surface area contributed by atoms with Crippen molar-refractivity contribution in [2.45, 2.75) is 51.0 Å². The minimum absolute atomic E-state index is 0.580. The minimum atomic E-state index is 0.580. The van der Waals surface area contributed by atoms with Gasteiger partial charge in [0.25, 0.3) is 0 Å². The zero-order valence-corrected chi connectivity index (χ0v) is 10.2. The molecule has 3 nitrogen and oxygen atoms in total. The minimum Gasteiger partial charge on any atom is -0.317 e. The molecule has 88 valence electrons. The zero-order chi connectivity index (χ0) is 11.4. The molecule has 2 rings (SSSR count). The Kier molecular flexibility index (Phi) is 3.88. The van der Waals surface area contributed by atoms with Crippen molar-refractivity contribution in [3.63, 3.8) is 0 Å². The molecule has 0 unspecified atom stereocenters. The topological polar surface area (TPSA) is 37.8 Å². The Labute approximate surface area is 97.7 Å². The molecule has 1 aromatic rings. The molecule has 1 aromatic heterocycles. The van der Waals surface area contributed by atoms with E-state index in [1.165, 1.54) is 31.4 Å². The maximum Gasteiger partial charge on any atom is 0.131 e. The number of nitrogens with one attached hydrogen (secondary N) is 1. The van der Waals surface area contributed by atoms with Crippen molar-refractivity contribution in [3.05, 3.63) is 23.8 Å². The number of rotatable bonds is 3. The van der Waals surface area contributed by atoms with Crippen LogP contribution in [0.4, 0.5) is 0 Å². The second-order valence-electron chi connectivity index (χ2n) is 4.60. The van der Waals surface area contributed by atoms with Crippen LogP contribution in [0.2, 0.25) is 0 Å². The summed E-state index contributed by atoms with van der Waals surface area (Å²) in [6.07, 6.45) is 7.85. The smallest absolute Gasteiger partial charge is 0.131 e. The molecule has 1 aliphatic carbocycles. The molecule has 0 atom stereocenters. The fourth-order valence-electron chi connectivity index (χ4n) is 2.45. The molecule has 1 aliphatic rings. The molecule has 0 radical (unpaired) electrons. The third-order valence-corrected chi connectivity index (χ3v) is 3.59. The van der Waals surface area contributed by atoms with Gasteiger partial charge < -0.3 is 5.32 Å². The third kappa shape index (κ3) is 2.59. The van der Waals surface area contributed by atoms with E-state index in [1.54, 1.807) is 0 Å². The number of aromatic nitrogens is 2. The number of nitrogens with zero attached hydrogens (tertiary/aromatic N) is 2. The standard InChI is InChI=1S/C13H21N3/c1-3-11-8-9-15-13(16-11)10-4-6-12(14-2)7-5-10/h8-10,12,14H,3-7H2,1-2H3. The highest BCUT2D eigenvalue weighted by Crippen LogP contribution is 2.30. The number of hydrogen-bond acceptors (Lipinski definition) is 3. The highest BCUT2D eigenvalue weighted by atomic mass is 14.9. The first-order valence-corrected chi connectivity index (χ1v) is 6.32. The van der Waals surface area contributed by atoms with Crippen LogP contribution in [0.5, 0.6) is 0 Å². The van der Waals surface area contributed by atoms with E-state index in [4.69, 9.17) is 0 Å². The Balaban J connectivity index is 2.02. The van der Waals surface area contributed by atoms with E-state index < -0.39 is 0 Å². The molecule has 1 fully saturated rings. The lowest BCUT2D eigenvalue weighted by molar-refractivity contribution is 0.350. The van der Waals surface area contributed by atoms with Gasteiger partial charge in [0, 0.05) is 23.9 Å². The zero-order valence-electron chi connectivity index (χ0n) is 10.2. The lowest BCUT2D eigenvalue weighted by Gasteiger charge is -2.27. The summed E-state index contributed by atoms with van der Waals surface area (Å²) >= 11 is 0. The van der Waals surface area contributed by atoms with E-state index in [0.717, 1.165) is 12.2 Å². The molecule has 0 aliphatic heterocycles. The van der Waals surface area contributed by atoms with Gasteiger partial charge in [0.1, 0.15) is 5.82 Å². The van der Waals surface area contributed by atoms with Crippen LogP contribution >= 0.6 is 0 Å². The summed E-state index contributed by atoms with van der Waals surface area (Å²) in [5.41, 5.74) is 1.17. The van der Waals surface area contributed by atoms with Gasteiger partial charge in [0.15, 0.2) is 0 Å². The first-order valence-electron chi connectivity index (χ1n) is 6.32. The summed E-state index contributed by atoms with van der Waals surface area (Å²) in [6.45, 7) is 2.14. The molecule has 0 spiro atoms. The Hall–Kier alpha value is -0.960. The Morgan fingerprint density at radius 1 is 1.31 bits per heavy atom. The van der Waals surface area contributed by atoms with Gasteiger partial charge in [-0.25, -0.2) is 9.97 Å². The fraction of sp³-hybridized carbons (Fsp3) is 0.692. The van der Waals surface area contributed by atoms with Gasteiger partial charge in [-0.15, -0.1) is 0 Å². The van der Waals surface area contributed by atoms with Crippen molar-refractivity contribution >= 4 is 0 Å². The second kappa shape index (κ2) is 5.39. The van der Waals surface area contributed by atoms with E-state index in [0.29, 0.717) is 12.0 Å². The van der Waals surface area contributed by atoms with Crippen LogP contribution in [-0.2, 0) is 6.42 Å². The highest BCUT2D eigenvalue weighted by Gasteiger charge is 2.23. The van der Waals surface area contributed by atoms with Gasteiger partial charge in [-0.3, -0.25) is 0 Å². The fourth-order valence-corrected chi connectivity index (χ4v) is 2.45. The summed E-state index contributed by atoms with van der Waals surface area (Å²) in [5.74, 6) is 1.64. The molecular weight excluding hydrogens is 198 g/mol. The van der Waals surface area contributed by atoms with Crippen molar-refractivity contribution < 1.29 is 0 Å². The SMILES string of the molecule is CCc1ccnc(C2CCC(NC)CC2)n1. The molecule has 0 amide bonds. The third-order valence-electron chi connectivity index (χ3n) is 3.59. The average Bonchev–Trinajstić information content (AvgIpc) is 2.39. The van der Waals surface area contributed by atoms with Crippen LogP contribution < -0.4 is 5.32 Å². The maximum atomic E-state index is 4.63. The van der Waals surface area contributed by atoms with Gasteiger partial charge >= 0.3 is 0 Å². The van der Waals surface area contributed by atoms with Gasteiger partial charge in [0.2, 0.25) is 0 Å². The van der Waals surface area contributed by atoms with Crippen molar-refractivity contribution in [2.24, 2.45) is 0 Å². The van der Waals surface area contributed by atoms with Crippen molar-refractivity contribution in [1.82, 2.24) is 15.3 Å². The summed E-state index contributed by atoms with van der Waals surface area (Å²) in [7, 11) is 2.05. The molecule has 0 saturated heterocycles. The van der Waals surface area contributed by atoms with Crippen LogP contribution in [0.15, 0.2) is 12.3 Å². The summed E-state index contributed by atoms with van der Waals surface area (Å²) in [5, 5.41) is 3.36. The summed E-state index contributed by atoms with van der Waals surface area (Å²) in [4.78, 5) is 9.06. The molecule has 0 aromatic carbocycles. The normalized spacial score (nSPS) is 25.6. The van der Waals surface area contributed by atoms with Crippen LogP contribution in [-0.4, -0.2) is 23.1 Å². The van der Waals surface area contributed by atoms with E-state index in [1.807, 2.05) is 12.3 Å². The van der Waals surface area contributed by atoms with E-state index in [2.05, 4.69) is 29.3 Å². The maximum absolute atomic E-state index is 4.63. The monoisotopic (exact) mass is 219 g/mol. The van der Waals surface area contributed by atoms with Crippen molar-refractivity contribution in [3.8, 4) is 0 Å². The Morgan fingerprint density at radius 2 is 2.06 bits per heavy atom. The van der Waals surface area contributed by atoms with Crippen LogP contribution in [0, 0.1) is 0 Å². The molecule has 16 heavy (non-hydrogen) atoms. The van der Waals surface area contributed by atoms with Crippen LogP contribution in [0.3, 0.4) is 0 Å². The number of aryl methyl sites for hydroxylation is 1. The largest absolute Gasteiger partial charge is 0.317 e. The molecule has 0 bridgehead atoms. The Bertz CT molecular complexity index is 330. The second-order valence-corrected chi connectivity index (χ2v) is 4.60. The lowest BCUT2D eigenvalue weighted by Crippen LogP contribution is -2.30. The van der Waals surface area contributed by atoms with Gasteiger partial charge in [-0.05, 0) is 45.2 Å². The van der Waals surface area contributed by atoms with E-state index in [-0.39, 0.29) is 0 Å². The summed E-state index contributed by atoms with van der Waals surface area (Å²) < 4.78 is 0. The highest BCUT2D eigenvalue weighted by molar-refractivity contribution is 5.06. The van der Waals surface area contributed by atoms with Crippen LogP contribution in [0.1, 0.15) is 50.0 Å². The molecule has 3 heteroatoms. The first-order chi connectivity index (χ1) is 7.83. The van der Waals surface area contributed by atoms with Crippen LogP contribution in [0.25, 0.3) is 0 Å². The van der Waals surface area contributed by atoms with Gasteiger partial charge in [-0.2, -0.15) is 0 Å². The average molecular weight is 219 g/mol. The molecular formula is C13H21N3. The molecule has 1 N–H and O–H groups in total. The quantitative estimate of drug-likeness (QED) is 0.847. The lowest BCUT2D eigenvalue weighted by atomic mass is 9.85. The first kappa shape index (κ1) is 11.5. The Morgan fingerprint density at radius 3 is 2.69 bits per heavy atom. The molecule has 1 saturated carbocycles.